The molecule has 5 aromatic rings. The minimum atomic E-state index is -3.62. The SMILES string of the molecule is CC(C)C(CO)(COS(C)(=O)=O)NCc1ccc2c3cccc4cccc(c5cccc1c52)c43.O. The Morgan fingerprint density at radius 2 is 1.40 bits per heavy atom. The van der Waals surface area contributed by atoms with Gasteiger partial charge in [0.15, 0.2) is 0 Å². The molecule has 0 fully saturated rings. The zero-order chi connectivity index (χ0) is 24.1. The molecule has 0 spiro atoms. The van der Waals surface area contributed by atoms with Gasteiger partial charge in [-0.1, -0.05) is 80.6 Å². The van der Waals surface area contributed by atoms with E-state index < -0.39 is 15.7 Å². The largest absolute Gasteiger partial charge is 0.412 e. The van der Waals surface area contributed by atoms with Crippen LogP contribution in [0.1, 0.15) is 19.4 Å². The molecule has 0 saturated heterocycles. The standard InChI is InChI=1S/C28H29NO4S.H2O/c1-18(2)28(16-30,17-33-34(3,31)32)29-15-20-13-14-25-23-11-5-8-19-7-4-10-22(26(19)23)24-12-6-9-21(20)27(24)25;/h4-14,18,29-30H,15-17H2,1-3H3;1H2. The van der Waals surface area contributed by atoms with Crippen molar-refractivity contribution in [3.8, 4) is 0 Å². The first-order valence-electron chi connectivity index (χ1n) is 11.5. The highest BCUT2D eigenvalue weighted by Gasteiger charge is 2.34. The lowest BCUT2D eigenvalue weighted by atomic mass is 9.86. The molecule has 0 heterocycles. The molecule has 4 N–H and O–H groups in total. The van der Waals surface area contributed by atoms with Crippen LogP contribution in [-0.4, -0.2) is 44.0 Å². The highest BCUT2D eigenvalue weighted by Crippen LogP contribution is 2.41. The maximum atomic E-state index is 11.6. The van der Waals surface area contributed by atoms with E-state index in [2.05, 4.69) is 72.0 Å². The van der Waals surface area contributed by atoms with E-state index >= 15 is 0 Å². The summed E-state index contributed by atoms with van der Waals surface area (Å²) in [6, 6.07) is 23.6. The molecule has 0 aliphatic heterocycles. The van der Waals surface area contributed by atoms with E-state index in [1.807, 2.05) is 13.8 Å². The lowest BCUT2D eigenvalue weighted by Gasteiger charge is -2.36. The number of nitrogens with one attached hydrogen (secondary N) is 1. The normalized spacial score (nSPS) is 14.2. The van der Waals surface area contributed by atoms with Crippen molar-refractivity contribution < 1.29 is 23.2 Å². The van der Waals surface area contributed by atoms with Gasteiger partial charge in [-0.15, -0.1) is 0 Å². The Bertz CT molecular complexity index is 1560. The summed E-state index contributed by atoms with van der Waals surface area (Å²) in [5.41, 5.74) is 0.200. The minimum absolute atomic E-state index is 0. The first kappa shape index (κ1) is 25.3. The molecular weight excluding hydrogens is 462 g/mol. The summed E-state index contributed by atoms with van der Waals surface area (Å²) in [7, 11) is -3.62. The van der Waals surface area contributed by atoms with Crippen molar-refractivity contribution in [1.82, 2.24) is 5.32 Å². The molecule has 35 heavy (non-hydrogen) atoms. The fraction of sp³-hybridized carbons (Fsp3) is 0.286. The Labute approximate surface area is 205 Å². The Balaban J connectivity index is 0.00000289. The third-order valence-corrected chi connectivity index (χ3v) is 7.71. The van der Waals surface area contributed by atoms with Gasteiger partial charge < -0.3 is 15.9 Å². The fourth-order valence-electron chi connectivity index (χ4n) is 5.05. The smallest absolute Gasteiger partial charge is 0.264 e. The van der Waals surface area contributed by atoms with Gasteiger partial charge >= 0.3 is 0 Å². The third-order valence-electron chi connectivity index (χ3n) is 7.16. The maximum absolute atomic E-state index is 11.6. The number of hydrogen-bond donors (Lipinski definition) is 2. The Hall–Kier alpha value is -2.81. The molecule has 0 amide bonds. The zero-order valence-corrected chi connectivity index (χ0v) is 20.9. The second-order valence-corrected chi connectivity index (χ2v) is 11.1. The van der Waals surface area contributed by atoms with Crippen LogP contribution in [0.25, 0.3) is 43.1 Å². The van der Waals surface area contributed by atoms with Gasteiger partial charge in [-0.05, 0) is 54.6 Å². The molecule has 184 valence electrons. The van der Waals surface area contributed by atoms with Crippen LogP contribution in [0.15, 0.2) is 66.7 Å². The van der Waals surface area contributed by atoms with Crippen molar-refractivity contribution >= 4 is 53.2 Å². The fourth-order valence-corrected chi connectivity index (χ4v) is 5.47. The molecule has 0 saturated carbocycles. The van der Waals surface area contributed by atoms with Gasteiger partial charge in [0, 0.05) is 6.54 Å². The monoisotopic (exact) mass is 493 g/mol. The average molecular weight is 494 g/mol. The van der Waals surface area contributed by atoms with Gasteiger partial charge in [0.05, 0.1) is 25.0 Å². The Morgan fingerprint density at radius 3 is 1.97 bits per heavy atom. The quantitative estimate of drug-likeness (QED) is 0.190. The van der Waals surface area contributed by atoms with Crippen molar-refractivity contribution in [1.29, 1.82) is 0 Å². The molecular formula is C28H31NO5S. The second-order valence-electron chi connectivity index (χ2n) is 9.50. The topological polar surface area (TPSA) is 107 Å². The van der Waals surface area contributed by atoms with Crippen LogP contribution in [0.4, 0.5) is 0 Å². The number of aliphatic hydroxyl groups is 1. The van der Waals surface area contributed by atoms with E-state index in [9.17, 15) is 13.5 Å². The summed E-state index contributed by atoms with van der Waals surface area (Å²) in [5, 5.41) is 23.5. The van der Waals surface area contributed by atoms with Gasteiger partial charge in [0.1, 0.15) is 0 Å². The maximum Gasteiger partial charge on any atom is 0.264 e. The number of aliphatic hydroxyl groups excluding tert-OH is 1. The van der Waals surface area contributed by atoms with E-state index in [4.69, 9.17) is 4.18 Å². The highest BCUT2D eigenvalue weighted by molar-refractivity contribution is 7.85. The van der Waals surface area contributed by atoms with Crippen LogP contribution in [0, 0.1) is 5.92 Å². The summed E-state index contributed by atoms with van der Waals surface area (Å²) >= 11 is 0. The average Bonchev–Trinajstić information content (AvgIpc) is 2.82. The van der Waals surface area contributed by atoms with Crippen LogP contribution in [0.2, 0.25) is 0 Å². The summed E-state index contributed by atoms with van der Waals surface area (Å²) in [6.07, 6.45) is 1.03. The molecule has 1 atom stereocenters. The number of benzene rings is 5. The van der Waals surface area contributed by atoms with Crippen molar-refractivity contribution in [3.63, 3.8) is 0 Å². The second kappa shape index (κ2) is 9.33. The van der Waals surface area contributed by atoms with Crippen LogP contribution < -0.4 is 5.32 Å². The molecule has 1 unspecified atom stereocenters. The summed E-state index contributed by atoms with van der Waals surface area (Å²) in [6.45, 7) is 4.00. The van der Waals surface area contributed by atoms with Crippen LogP contribution in [0.5, 0.6) is 0 Å². The molecule has 0 radical (unpaired) electrons. The van der Waals surface area contributed by atoms with Gasteiger partial charge in [0.2, 0.25) is 0 Å². The van der Waals surface area contributed by atoms with Gasteiger partial charge in [0.25, 0.3) is 10.1 Å². The molecule has 0 bridgehead atoms. The minimum Gasteiger partial charge on any atom is -0.412 e. The van der Waals surface area contributed by atoms with E-state index in [1.54, 1.807) is 0 Å². The molecule has 5 rings (SSSR count). The number of fused-ring (bicyclic) bond motifs is 2. The summed E-state index contributed by atoms with van der Waals surface area (Å²) in [4.78, 5) is 0. The Kier molecular flexibility index (Phi) is 6.74. The van der Waals surface area contributed by atoms with Gasteiger partial charge in [-0.25, -0.2) is 0 Å². The first-order chi connectivity index (χ1) is 16.2. The van der Waals surface area contributed by atoms with Crippen molar-refractivity contribution in [2.24, 2.45) is 5.92 Å². The van der Waals surface area contributed by atoms with E-state index in [0.29, 0.717) is 6.54 Å². The molecule has 0 aromatic heterocycles. The van der Waals surface area contributed by atoms with E-state index in [-0.39, 0.29) is 24.6 Å². The van der Waals surface area contributed by atoms with Gasteiger partial charge in [-0.3, -0.25) is 4.18 Å². The van der Waals surface area contributed by atoms with Crippen LogP contribution in [0.3, 0.4) is 0 Å². The predicted octanol–water partition coefficient (Wildman–Crippen LogP) is 4.37. The first-order valence-corrected chi connectivity index (χ1v) is 13.3. The molecule has 7 heteroatoms. The third kappa shape index (κ3) is 4.35. The molecule has 5 aromatic carbocycles. The zero-order valence-electron chi connectivity index (χ0n) is 20.1. The van der Waals surface area contributed by atoms with Crippen molar-refractivity contribution in [2.45, 2.75) is 25.9 Å². The van der Waals surface area contributed by atoms with Crippen molar-refractivity contribution in [3.05, 3.63) is 72.3 Å². The number of rotatable bonds is 8. The molecule has 0 aliphatic carbocycles. The summed E-state index contributed by atoms with van der Waals surface area (Å²) in [5.74, 6) is -0.0521. The molecule has 6 nitrogen and oxygen atoms in total. The lowest BCUT2D eigenvalue weighted by molar-refractivity contribution is 0.0680. The van der Waals surface area contributed by atoms with Crippen LogP contribution >= 0.6 is 0 Å². The van der Waals surface area contributed by atoms with Crippen LogP contribution in [-0.2, 0) is 20.8 Å². The van der Waals surface area contributed by atoms with Crippen molar-refractivity contribution in [2.75, 3.05) is 19.5 Å². The Morgan fingerprint density at radius 1 is 0.857 bits per heavy atom. The van der Waals surface area contributed by atoms with E-state index in [1.165, 1.54) is 37.7 Å². The van der Waals surface area contributed by atoms with Gasteiger partial charge in [-0.2, -0.15) is 8.42 Å². The molecule has 0 aliphatic rings. The number of hydrogen-bond acceptors (Lipinski definition) is 5. The predicted molar refractivity (Wildman–Crippen MR) is 144 cm³/mol. The lowest BCUT2D eigenvalue weighted by Crippen LogP contribution is -2.56. The highest BCUT2D eigenvalue weighted by atomic mass is 32.2. The van der Waals surface area contributed by atoms with E-state index in [0.717, 1.165) is 17.2 Å². The summed E-state index contributed by atoms with van der Waals surface area (Å²) < 4.78 is 28.4.